The quantitative estimate of drug-likeness (QED) is 0.550. The summed E-state index contributed by atoms with van der Waals surface area (Å²) < 4.78 is 0. The molecule has 5 aliphatic rings. The maximum atomic E-state index is 13.7. The molecule has 0 saturated heterocycles. The van der Waals surface area contributed by atoms with Gasteiger partial charge in [0.2, 0.25) is 0 Å². The van der Waals surface area contributed by atoms with E-state index in [1.807, 2.05) is 0 Å². The van der Waals surface area contributed by atoms with Crippen LogP contribution in [0.1, 0.15) is 92.9 Å². The van der Waals surface area contributed by atoms with E-state index in [0.29, 0.717) is 36.0 Å². The first-order valence-corrected chi connectivity index (χ1v) is 13.8. The summed E-state index contributed by atoms with van der Waals surface area (Å²) in [6.07, 6.45) is 10.1. The Morgan fingerprint density at radius 1 is 1.21 bits per heavy atom. The second-order valence-electron chi connectivity index (χ2n) is 13.0. The Morgan fingerprint density at radius 2 is 1.97 bits per heavy atom. The first-order chi connectivity index (χ1) is 15.6. The molecule has 33 heavy (non-hydrogen) atoms. The number of rotatable bonds is 3. The highest BCUT2D eigenvalue weighted by molar-refractivity contribution is 5.85. The molecule has 1 aliphatic heterocycles. The average molecular weight is 455 g/mol. The molecule has 4 aliphatic carbocycles. The summed E-state index contributed by atoms with van der Waals surface area (Å²) in [5.74, 6) is 3.44. The molecule has 0 aromatic carbocycles. The monoisotopic (exact) mass is 454 g/mol. The van der Waals surface area contributed by atoms with Gasteiger partial charge in [-0.1, -0.05) is 59.6 Å². The Balaban J connectivity index is 1.46. The number of carbonyl (C=O) groups excluding carboxylic acids is 1. The number of aliphatic hydroxyl groups excluding tert-OH is 1. The fourth-order valence-corrected chi connectivity index (χ4v) is 9.33. The van der Waals surface area contributed by atoms with Crippen LogP contribution in [0.4, 0.5) is 0 Å². The summed E-state index contributed by atoms with van der Waals surface area (Å²) in [6, 6.07) is 0.446. The van der Waals surface area contributed by atoms with Crippen LogP contribution in [0.5, 0.6) is 0 Å². The smallest absolute Gasteiger partial charge is 0.137 e. The molecule has 184 valence electrons. The molecule has 0 amide bonds. The molecule has 2 N–H and O–H groups in total. The molecule has 5 rings (SSSR count). The van der Waals surface area contributed by atoms with Gasteiger partial charge in [0.15, 0.2) is 0 Å². The van der Waals surface area contributed by atoms with E-state index in [9.17, 15) is 9.90 Å². The van der Waals surface area contributed by atoms with Gasteiger partial charge in [-0.3, -0.25) is 9.79 Å². The van der Waals surface area contributed by atoms with E-state index < -0.39 is 0 Å². The molecule has 0 radical (unpaired) electrons. The van der Waals surface area contributed by atoms with E-state index in [-0.39, 0.29) is 34.2 Å². The predicted octanol–water partition coefficient (Wildman–Crippen LogP) is 5.55. The molecule has 4 heteroatoms. The molecule has 10 atom stereocenters. The molecule has 3 fully saturated rings. The number of allylic oxidation sites excluding steroid dienone is 1. The van der Waals surface area contributed by atoms with E-state index in [4.69, 9.17) is 4.99 Å². The van der Waals surface area contributed by atoms with Gasteiger partial charge in [-0.2, -0.15) is 0 Å². The number of hydrogen-bond acceptors (Lipinski definition) is 4. The third-order valence-electron chi connectivity index (χ3n) is 11.8. The third kappa shape index (κ3) is 3.18. The molecule has 0 bridgehead atoms. The summed E-state index contributed by atoms with van der Waals surface area (Å²) in [7, 11) is 0. The SMILES string of the molecule is CCC(C)C1=NC[C@]2(C)[C@H](CC=C3C[C@H]4C(=O)C[C@]5(C)C(CC)[C@H](O)C[C@@]5(C)[C@@H]4CC[C@H]32)N1. The van der Waals surface area contributed by atoms with Crippen LogP contribution in [0, 0.1) is 45.8 Å². The van der Waals surface area contributed by atoms with Gasteiger partial charge in [-0.05, 0) is 67.1 Å². The van der Waals surface area contributed by atoms with Gasteiger partial charge in [-0.15, -0.1) is 0 Å². The zero-order chi connectivity index (χ0) is 23.8. The normalized spacial score (nSPS) is 50.0. The second kappa shape index (κ2) is 7.93. The Morgan fingerprint density at radius 3 is 2.67 bits per heavy atom. The highest BCUT2D eigenvalue weighted by Gasteiger charge is 2.66. The van der Waals surface area contributed by atoms with Crippen LogP contribution < -0.4 is 5.32 Å². The number of hydrogen-bond donors (Lipinski definition) is 2. The van der Waals surface area contributed by atoms with E-state index in [2.05, 4.69) is 52.9 Å². The Bertz CT molecular complexity index is 879. The van der Waals surface area contributed by atoms with E-state index in [1.54, 1.807) is 0 Å². The number of carbonyl (C=O) groups is 1. The van der Waals surface area contributed by atoms with E-state index in [0.717, 1.165) is 51.5 Å². The van der Waals surface area contributed by atoms with Crippen molar-refractivity contribution in [2.45, 2.75) is 105 Å². The van der Waals surface area contributed by atoms with Gasteiger partial charge < -0.3 is 10.4 Å². The highest BCUT2D eigenvalue weighted by atomic mass is 16.3. The van der Waals surface area contributed by atoms with Crippen molar-refractivity contribution >= 4 is 11.6 Å². The Hall–Kier alpha value is -1.16. The number of nitrogens with zero attached hydrogens (tertiary/aromatic N) is 1. The number of amidine groups is 1. The molecule has 0 aromatic heterocycles. The first kappa shape index (κ1) is 23.6. The molecule has 0 spiro atoms. The lowest BCUT2D eigenvalue weighted by Crippen LogP contribution is -2.57. The minimum Gasteiger partial charge on any atom is -0.393 e. The lowest BCUT2D eigenvalue weighted by molar-refractivity contribution is -0.145. The van der Waals surface area contributed by atoms with Crippen LogP contribution in [0.2, 0.25) is 0 Å². The van der Waals surface area contributed by atoms with Crippen LogP contribution >= 0.6 is 0 Å². The summed E-state index contributed by atoms with van der Waals surface area (Å²) in [5.41, 5.74) is 1.64. The number of aliphatic imine (C=N–C) groups is 1. The van der Waals surface area contributed by atoms with Crippen LogP contribution in [0.25, 0.3) is 0 Å². The summed E-state index contributed by atoms with van der Waals surface area (Å²) in [6.45, 7) is 14.8. The fourth-order valence-electron chi connectivity index (χ4n) is 9.33. The molecule has 2 unspecified atom stereocenters. The largest absolute Gasteiger partial charge is 0.393 e. The standard InChI is InChI=1S/C29H46N2O2/c1-7-17(3)26-30-16-27(4)21-10-11-22-19(13-18(21)9-12-25(27)31-26)23(32)14-28(5)20(8-2)24(33)15-29(22,28)6/h9,17,19-22,24-25,33H,7-8,10-16H2,1-6H3,(H,30,31)/t17?,19-,20?,21-,22-,24-,25+,27+,28-,29+/m1/s1. The molecule has 4 nitrogen and oxygen atoms in total. The topological polar surface area (TPSA) is 61.7 Å². The zero-order valence-corrected chi connectivity index (χ0v) is 21.8. The fraction of sp³-hybridized carbons (Fsp3) is 0.862. The summed E-state index contributed by atoms with van der Waals surface area (Å²) in [4.78, 5) is 18.8. The van der Waals surface area contributed by atoms with Crippen LogP contribution in [-0.4, -0.2) is 35.4 Å². The van der Waals surface area contributed by atoms with Crippen molar-refractivity contribution < 1.29 is 9.90 Å². The molecule has 1 heterocycles. The van der Waals surface area contributed by atoms with Crippen LogP contribution in [0.3, 0.4) is 0 Å². The van der Waals surface area contributed by atoms with E-state index in [1.165, 1.54) is 11.4 Å². The average Bonchev–Trinajstić information content (AvgIpc) is 2.90. The van der Waals surface area contributed by atoms with Crippen molar-refractivity contribution in [2.75, 3.05) is 6.54 Å². The maximum Gasteiger partial charge on any atom is 0.137 e. The number of aliphatic hydroxyl groups is 1. The lowest BCUT2D eigenvalue weighted by atomic mass is 9.48. The Labute approximate surface area is 201 Å². The van der Waals surface area contributed by atoms with Crippen molar-refractivity contribution in [3.8, 4) is 0 Å². The van der Waals surface area contributed by atoms with Crippen molar-refractivity contribution in [1.29, 1.82) is 0 Å². The number of Topliss-reactive ketones (excluding diaryl/α,β-unsaturated/α-hetero) is 1. The number of nitrogens with one attached hydrogen (secondary N) is 1. The molecular formula is C29H46N2O2. The predicted molar refractivity (Wildman–Crippen MR) is 134 cm³/mol. The van der Waals surface area contributed by atoms with Gasteiger partial charge >= 0.3 is 0 Å². The van der Waals surface area contributed by atoms with Gasteiger partial charge in [-0.25, -0.2) is 0 Å². The van der Waals surface area contributed by atoms with Crippen LogP contribution in [0.15, 0.2) is 16.6 Å². The van der Waals surface area contributed by atoms with E-state index >= 15 is 0 Å². The van der Waals surface area contributed by atoms with Gasteiger partial charge in [0.25, 0.3) is 0 Å². The summed E-state index contributed by atoms with van der Waals surface area (Å²) >= 11 is 0. The zero-order valence-electron chi connectivity index (χ0n) is 21.8. The minimum absolute atomic E-state index is 0.0483. The van der Waals surface area contributed by atoms with Crippen molar-refractivity contribution in [2.24, 2.45) is 50.8 Å². The number of ketones is 1. The third-order valence-corrected chi connectivity index (χ3v) is 11.8. The second-order valence-corrected chi connectivity index (χ2v) is 13.0. The molecule has 3 saturated carbocycles. The van der Waals surface area contributed by atoms with Gasteiger partial charge in [0.1, 0.15) is 5.78 Å². The maximum absolute atomic E-state index is 13.7. The lowest BCUT2D eigenvalue weighted by Gasteiger charge is -2.54. The van der Waals surface area contributed by atoms with Gasteiger partial charge in [0, 0.05) is 36.3 Å². The highest BCUT2D eigenvalue weighted by Crippen LogP contribution is 2.69. The molecule has 0 aromatic rings. The Kier molecular flexibility index (Phi) is 5.67. The first-order valence-electron chi connectivity index (χ1n) is 13.8. The van der Waals surface area contributed by atoms with Gasteiger partial charge in [0.05, 0.1) is 11.9 Å². The van der Waals surface area contributed by atoms with Crippen molar-refractivity contribution in [3.05, 3.63) is 11.6 Å². The minimum atomic E-state index is -0.265. The van der Waals surface area contributed by atoms with Crippen molar-refractivity contribution in [3.63, 3.8) is 0 Å². The summed E-state index contributed by atoms with van der Waals surface area (Å²) in [5, 5.41) is 14.9. The van der Waals surface area contributed by atoms with Crippen molar-refractivity contribution in [1.82, 2.24) is 5.32 Å². The number of fused-ring (bicyclic) bond motifs is 6. The van der Waals surface area contributed by atoms with Crippen LogP contribution in [-0.2, 0) is 4.79 Å². The molecular weight excluding hydrogens is 408 g/mol.